The van der Waals surface area contributed by atoms with Gasteiger partial charge in [-0.25, -0.2) is 4.39 Å². The number of amides is 3. The molecule has 1 fully saturated rings. The van der Waals surface area contributed by atoms with Gasteiger partial charge in [0.1, 0.15) is 18.1 Å². The molecule has 0 saturated carbocycles. The van der Waals surface area contributed by atoms with Crippen molar-refractivity contribution in [2.45, 2.75) is 27.3 Å². The number of nitrogens with zero attached hydrogens (tertiary/aromatic N) is 3. The summed E-state index contributed by atoms with van der Waals surface area (Å²) in [5, 5.41) is 2.97. The van der Waals surface area contributed by atoms with Gasteiger partial charge in [-0.05, 0) is 68.3 Å². The highest BCUT2D eigenvalue weighted by Crippen LogP contribution is 2.22. The second kappa shape index (κ2) is 10.1. The van der Waals surface area contributed by atoms with E-state index in [0.29, 0.717) is 37.4 Å². The Kier molecular flexibility index (Phi) is 7.00. The van der Waals surface area contributed by atoms with Gasteiger partial charge in [-0.1, -0.05) is 17.7 Å². The van der Waals surface area contributed by atoms with Gasteiger partial charge in [0.05, 0.1) is 0 Å². The predicted molar refractivity (Wildman–Crippen MR) is 132 cm³/mol. The molecule has 4 rings (SSSR count). The average Bonchev–Trinajstić information content (AvgIpc) is 3.29. The molecule has 2 aromatic carbocycles. The highest BCUT2D eigenvalue weighted by Gasteiger charge is 2.27. The van der Waals surface area contributed by atoms with Crippen molar-refractivity contribution in [3.8, 4) is 0 Å². The average molecular weight is 477 g/mol. The second-order valence-corrected chi connectivity index (χ2v) is 8.93. The largest absolute Gasteiger partial charge is 0.335 e. The van der Waals surface area contributed by atoms with Crippen LogP contribution in [0.1, 0.15) is 37.5 Å². The predicted octanol–water partition coefficient (Wildman–Crippen LogP) is 3.79. The zero-order chi connectivity index (χ0) is 25.1. The third kappa shape index (κ3) is 5.42. The summed E-state index contributed by atoms with van der Waals surface area (Å²) in [5.74, 6) is -0.962. The van der Waals surface area contributed by atoms with Crippen molar-refractivity contribution in [1.82, 2.24) is 14.4 Å². The van der Waals surface area contributed by atoms with Crippen LogP contribution in [0.3, 0.4) is 0 Å². The molecule has 0 unspecified atom stereocenters. The van der Waals surface area contributed by atoms with Crippen LogP contribution in [-0.2, 0) is 11.3 Å². The Hall–Kier alpha value is -3.94. The summed E-state index contributed by atoms with van der Waals surface area (Å²) in [5.41, 5.74) is 4.76. The van der Waals surface area contributed by atoms with Crippen LogP contribution in [0.25, 0.3) is 0 Å². The van der Waals surface area contributed by atoms with Crippen LogP contribution in [0.15, 0.2) is 54.7 Å². The summed E-state index contributed by atoms with van der Waals surface area (Å²) in [4.78, 5) is 42.0. The van der Waals surface area contributed by atoms with Gasteiger partial charge in [-0.15, -0.1) is 0 Å². The molecule has 0 bridgehead atoms. The molecule has 1 saturated heterocycles. The summed E-state index contributed by atoms with van der Waals surface area (Å²) >= 11 is 0. The number of nitrogens with one attached hydrogen (secondary N) is 1. The van der Waals surface area contributed by atoms with Crippen molar-refractivity contribution in [2.75, 3.05) is 31.5 Å². The summed E-state index contributed by atoms with van der Waals surface area (Å²) < 4.78 is 14.8. The molecule has 35 heavy (non-hydrogen) atoms. The zero-order valence-electron chi connectivity index (χ0n) is 20.2. The van der Waals surface area contributed by atoms with Gasteiger partial charge in [0, 0.05) is 43.6 Å². The SMILES string of the molecule is Cc1cc(C)c(NC(=O)Cn2cccc2C(=O)N2CCN(C(=O)c3ccc(F)cc3)CC2)c(C)c1. The van der Waals surface area contributed by atoms with E-state index in [1.807, 2.05) is 32.9 Å². The minimum atomic E-state index is -0.391. The molecule has 1 N–H and O–H groups in total. The number of hydrogen-bond donors (Lipinski definition) is 1. The smallest absolute Gasteiger partial charge is 0.270 e. The first-order valence-corrected chi connectivity index (χ1v) is 11.6. The Labute approximate surface area is 204 Å². The Morgan fingerprint density at radius 3 is 2.03 bits per heavy atom. The summed E-state index contributed by atoms with van der Waals surface area (Å²) in [6, 6.07) is 12.9. The monoisotopic (exact) mass is 476 g/mol. The summed E-state index contributed by atoms with van der Waals surface area (Å²) in [6.45, 7) is 7.48. The van der Waals surface area contributed by atoms with E-state index in [1.165, 1.54) is 24.3 Å². The lowest BCUT2D eigenvalue weighted by molar-refractivity contribution is -0.116. The van der Waals surface area contributed by atoms with Crippen molar-refractivity contribution < 1.29 is 18.8 Å². The van der Waals surface area contributed by atoms with E-state index in [0.717, 1.165) is 22.4 Å². The normalized spacial score (nSPS) is 13.6. The minimum absolute atomic E-state index is 0.0177. The highest BCUT2D eigenvalue weighted by atomic mass is 19.1. The molecule has 182 valence electrons. The van der Waals surface area contributed by atoms with E-state index >= 15 is 0 Å². The summed E-state index contributed by atoms with van der Waals surface area (Å²) in [6.07, 6.45) is 1.72. The minimum Gasteiger partial charge on any atom is -0.335 e. The van der Waals surface area contributed by atoms with E-state index in [4.69, 9.17) is 0 Å². The first-order chi connectivity index (χ1) is 16.7. The van der Waals surface area contributed by atoms with E-state index in [2.05, 4.69) is 5.32 Å². The molecule has 2 heterocycles. The number of carbonyl (C=O) groups is 3. The fourth-order valence-electron chi connectivity index (χ4n) is 4.51. The van der Waals surface area contributed by atoms with Crippen molar-refractivity contribution >= 4 is 23.4 Å². The molecule has 7 nitrogen and oxygen atoms in total. The molecule has 8 heteroatoms. The summed E-state index contributed by atoms with van der Waals surface area (Å²) in [7, 11) is 0. The van der Waals surface area contributed by atoms with Crippen LogP contribution in [0, 0.1) is 26.6 Å². The Morgan fingerprint density at radius 1 is 0.857 bits per heavy atom. The number of carbonyl (C=O) groups excluding carboxylic acids is 3. The maximum absolute atomic E-state index is 13.2. The number of halogens is 1. The van der Waals surface area contributed by atoms with Gasteiger partial charge in [-0.3, -0.25) is 14.4 Å². The van der Waals surface area contributed by atoms with E-state index in [9.17, 15) is 18.8 Å². The van der Waals surface area contributed by atoms with Crippen LogP contribution in [0.4, 0.5) is 10.1 Å². The first-order valence-electron chi connectivity index (χ1n) is 11.6. The van der Waals surface area contributed by atoms with Gasteiger partial charge in [0.2, 0.25) is 5.91 Å². The molecule has 3 aromatic rings. The number of benzene rings is 2. The standard InChI is InChI=1S/C27H29FN4O3/c1-18-15-19(2)25(20(3)16-18)29-24(33)17-32-10-4-5-23(32)27(35)31-13-11-30(12-14-31)26(34)21-6-8-22(28)9-7-21/h4-10,15-16H,11-14,17H2,1-3H3,(H,29,33). The third-order valence-electron chi connectivity index (χ3n) is 6.25. The number of aromatic nitrogens is 1. The lowest BCUT2D eigenvalue weighted by Crippen LogP contribution is -2.51. The first kappa shape index (κ1) is 24.2. The number of piperazine rings is 1. The van der Waals surface area contributed by atoms with Crippen LogP contribution in [0.2, 0.25) is 0 Å². The van der Waals surface area contributed by atoms with Gasteiger partial charge in [0.25, 0.3) is 11.8 Å². The van der Waals surface area contributed by atoms with Crippen LogP contribution in [-0.4, -0.2) is 58.3 Å². The zero-order valence-corrected chi connectivity index (χ0v) is 20.2. The molecule has 0 aliphatic carbocycles. The lowest BCUT2D eigenvalue weighted by Gasteiger charge is -2.35. The third-order valence-corrected chi connectivity index (χ3v) is 6.25. The molecule has 3 amide bonds. The van der Waals surface area contributed by atoms with Crippen LogP contribution >= 0.6 is 0 Å². The van der Waals surface area contributed by atoms with Gasteiger partial charge < -0.3 is 19.7 Å². The number of anilines is 1. The lowest BCUT2D eigenvalue weighted by atomic mass is 10.1. The van der Waals surface area contributed by atoms with Gasteiger partial charge >= 0.3 is 0 Å². The van der Waals surface area contributed by atoms with Crippen molar-refractivity contribution in [2.24, 2.45) is 0 Å². The van der Waals surface area contributed by atoms with Crippen molar-refractivity contribution in [3.63, 3.8) is 0 Å². The van der Waals surface area contributed by atoms with Crippen LogP contribution in [0.5, 0.6) is 0 Å². The molecule has 1 aliphatic rings. The van der Waals surface area contributed by atoms with E-state index in [-0.39, 0.29) is 24.3 Å². The molecule has 0 spiro atoms. The fraction of sp³-hybridized carbons (Fsp3) is 0.296. The number of aryl methyl sites for hydroxylation is 3. The maximum Gasteiger partial charge on any atom is 0.270 e. The molecular formula is C27H29FN4O3. The van der Waals surface area contributed by atoms with E-state index in [1.54, 1.807) is 32.7 Å². The Morgan fingerprint density at radius 2 is 1.43 bits per heavy atom. The number of rotatable bonds is 5. The molecule has 1 aliphatic heterocycles. The molecule has 0 radical (unpaired) electrons. The Bertz CT molecular complexity index is 1230. The van der Waals surface area contributed by atoms with Gasteiger partial charge in [-0.2, -0.15) is 0 Å². The maximum atomic E-state index is 13.2. The van der Waals surface area contributed by atoms with Crippen molar-refractivity contribution in [1.29, 1.82) is 0 Å². The van der Waals surface area contributed by atoms with Gasteiger partial charge in [0.15, 0.2) is 0 Å². The fourth-order valence-corrected chi connectivity index (χ4v) is 4.51. The Balaban J connectivity index is 1.37. The van der Waals surface area contributed by atoms with Crippen LogP contribution < -0.4 is 5.32 Å². The van der Waals surface area contributed by atoms with E-state index < -0.39 is 5.82 Å². The molecule has 1 aromatic heterocycles. The quantitative estimate of drug-likeness (QED) is 0.609. The highest BCUT2D eigenvalue weighted by molar-refractivity contribution is 5.96. The topological polar surface area (TPSA) is 74.7 Å². The van der Waals surface area contributed by atoms with Crippen molar-refractivity contribution in [3.05, 3.63) is 88.5 Å². The molecular weight excluding hydrogens is 447 g/mol. The second-order valence-electron chi connectivity index (χ2n) is 8.93. The number of hydrogen-bond acceptors (Lipinski definition) is 3. The molecule has 0 atom stereocenters.